The third-order valence-electron chi connectivity index (χ3n) is 2.58. The maximum absolute atomic E-state index is 13.2. The van der Waals surface area contributed by atoms with E-state index in [1.165, 1.54) is 12.1 Å². The molecule has 1 rings (SSSR count). The molecule has 0 spiro atoms. The van der Waals surface area contributed by atoms with Crippen molar-refractivity contribution in [1.82, 2.24) is 0 Å². The molecule has 17 heavy (non-hydrogen) atoms. The van der Waals surface area contributed by atoms with Gasteiger partial charge in [-0.1, -0.05) is 26.8 Å². The molecule has 1 unspecified atom stereocenters. The van der Waals surface area contributed by atoms with Crippen LogP contribution in [0.2, 0.25) is 0 Å². The van der Waals surface area contributed by atoms with Crippen molar-refractivity contribution in [2.75, 3.05) is 6.61 Å². The molecule has 0 aliphatic carbocycles. The van der Waals surface area contributed by atoms with Gasteiger partial charge in [-0.15, -0.1) is 0 Å². The molecule has 96 valence electrons. The Balaban J connectivity index is 2.72. The molecule has 0 saturated heterocycles. The van der Waals surface area contributed by atoms with Gasteiger partial charge in [-0.05, 0) is 24.8 Å². The summed E-state index contributed by atoms with van der Waals surface area (Å²) in [5, 5.41) is 0. The lowest BCUT2D eigenvalue weighted by molar-refractivity contribution is 0.240. The molecular formula is C14H22FNO. The molecule has 2 nitrogen and oxygen atoms in total. The van der Waals surface area contributed by atoms with E-state index in [2.05, 4.69) is 20.8 Å². The molecule has 0 bridgehead atoms. The molecule has 0 radical (unpaired) electrons. The minimum Gasteiger partial charge on any atom is -0.493 e. The Hall–Kier alpha value is -1.09. The quantitative estimate of drug-likeness (QED) is 0.870. The van der Waals surface area contributed by atoms with Crippen molar-refractivity contribution in [3.8, 4) is 5.75 Å². The minimum absolute atomic E-state index is 0.153. The van der Waals surface area contributed by atoms with Gasteiger partial charge in [-0.25, -0.2) is 4.39 Å². The van der Waals surface area contributed by atoms with Gasteiger partial charge in [0.15, 0.2) is 0 Å². The fourth-order valence-electron chi connectivity index (χ4n) is 1.48. The maximum atomic E-state index is 13.2. The number of hydrogen-bond donors (Lipinski definition) is 1. The Morgan fingerprint density at radius 2 is 2.00 bits per heavy atom. The molecular weight excluding hydrogens is 217 g/mol. The summed E-state index contributed by atoms with van der Waals surface area (Å²) in [5.74, 6) is 0.268. The Kier molecular flexibility index (Phi) is 4.52. The highest BCUT2D eigenvalue weighted by Gasteiger charge is 2.13. The first-order chi connectivity index (χ1) is 7.79. The number of benzene rings is 1. The lowest BCUT2D eigenvalue weighted by atomic mass is 9.93. The predicted molar refractivity (Wildman–Crippen MR) is 68.6 cm³/mol. The van der Waals surface area contributed by atoms with Crippen molar-refractivity contribution in [2.24, 2.45) is 11.1 Å². The van der Waals surface area contributed by atoms with Gasteiger partial charge < -0.3 is 10.5 Å². The van der Waals surface area contributed by atoms with E-state index < -0.39 is 0 Å². The van der Waals surface area contributed by atoms with Crippen LogP contribution in [0.3, 0.4) is 0 Å². The van der Waals surface area contributed by atoms with Gasteiger partial charge in [0.2, 0.25) is 0 Å². The standard InChI is InChI=1S/C14H22FNO/c1-10(16)12-6-5-11(15)9-13(12)17-8-7-14(2,3)4/h5-6,9-10H,7-8,16H2,1-4H3. The molecule has 0 aliphatic rings. The zero-order valence-electron chi connectivity index (χ0n) is 11.1. The van der Waals surface area contributed by atoms with Crippen molar-refractivity contribution < 1.29 is 9.13 Å². The summed E-state index contributed by atoms with van der Waals surface area (Å²) in [7, 11) is 0. The lowest BCUT2D eigenvalue weighted by Crippen LogP contribution is -2.13. The van der Waals surface area contributed by atoms with E-state index in [1.807, 2.05) is 6.92 Å². The highest BCUT2D eigenvalue weighted by Crippen LogP contribution is 2.26. The van der Waals surface area contributed by atoms with Gasteiger partial charge in [-0.2, -0.15) is 0 Å². The molecule has 0 aromatic heterocycles. The first-order valence-electron chi connectivity index (χ1n) is 5.97. The van der Waals surface area contributed by atoms with Crippen molar-refractivity contribution in [3.05, 3.63) is 29.6 Å². The van der Waals surface area contributed by atoms with Crippen LogP contribution < -0.4 is 10.5 Å². The second-order valence-electron chi connectivity index (χ2n) is 5.63. The largest absolute Gasteiger partial charge is 0.493 e. The van der Waals surface area contributed by atoms with Crippen molar-refractivity contribution in [2.45, 2.75) is 40.2 Å². The highest BCUT2D eigenvalue weighted by atomic mass is 19.1. The summed E-state index contributed by atoms with van der Waals surface area (Å²) in [4.78, 5) is 0. The van der Waals surface area contributed by atoms with E-state index in [9.17, 15) is 4.39 Å². The van der Waals surface area contributed by atoms with Crippen LogP contribution >= 0.6 is 0 Å². The second kappa shape index (κ2) is 5.50. The molecule has 0 heterocycles. The zero-order valence-corrected chi connectivity index (χ0v) is 11.1. The van der Waals surface area contributed by atoms with Crippen LogP contribution in [0.5, 0.6) is 5.75 Å². The van der Waals surface area contributed by atoms with E-state index in [1.54, 1.807) is 6.07 Å². The minimum atomic E-state index is -0.292. The van der Waals surface area contributed by atoms with E-state index in [0.29, 0.717) is 12.4 Å². The smallest absolute Gasteiger partial charge is 0.126 e. The summed E-state index contributed by atoms with van der Waals surface area (Å²) < 4.78 is 18.8. The molecule has 0 aliphatic heterocycles. The van der Waals surface area contributed by atoms with Crippen LogP contribution in [0.15, 0.2) is 18.2 Å². The van der Waals surface area contributed by atoms with E-state index in [4.69, 9.17) is 10.5 Å². The summed E-state index contributed by atoms with van der Waals surface area (Å²) in [6, 6.07) is 4.35. The molecule has 0 saturated carbocycles. The topological polar surface area (TPSA) is 35.2 Å². The van der Waals surface area contributed by atoms with E-state index >= 15 is 0 Å². The third kappa shape index (κ3) is 4.73. The van der Waals surface area contributed by atoms with Gasteiger partial charge in [0.05, 0.1) is 6.61 Å². The van der Waals surface area contributed by atoms with Crippen LogP contribution in [-0.4, -0.2) is 6.61 Å². The number of rotatable bonds is 4. The second-order valence-corrected chi connectivity index (χ2v) is 5.63. The van der Waals surface area contributed by atoms with Crippen molar-refractivity contribution in [1.29, 1.82) is 0 Å². The molecule has 0 fully saturated rings. The summed E-state index contributed by atoms with van der Waals surface area (Å²) in [6.07, 6.45) is 0.919. The average molecular weight is 239 g/mol. The van der Waals surface area contributed by atoms with Crippen molar-refractivity contribution in [3.63, 3.8) is 0 Å². The van der Waals surface area contributed by atoms with Gasteiger partial charge in [0, 0.05) is 17.7 Å². The number of nitrogens with two attached hydrogens (primary N) is 1. The molecule has 0 amide bonds. The predicted octanol–water partition coefficient (Wildman–Crippen LogP) is 3.66. The van der Waals surface area contributed by atoms with Crippen LogP contribution in [-0.2, 0) is 0 Å². The van der Waals surface area contributed by atoms with Crippen LogP contribution in [0.4, 0.5) is 4.39 Å². The van der Waals surface area contributed by atoms with Crippen LogP contribution in [0, 0.1) is 11.2 Å². The molecule has 1 atom stereocenters. The molecule has 1 aromatic carbocycles. The summed E-state index contributed by atoms with van der Waals surface area (Å²) in [5.41, 5.74) is 6.88. The van der Waals surface area contributed by atoms with Crippen LogP contribution in [0.1, 0.15) is 45.7 Å². The molecule has 1 aromatic rings. The van der Waals surface area contributed by atoms with Gasteiger partial charge >= 0.3 is 0 Å². The molecule has 3 heteroatoms. The summed E-state index contributed by atoms with van der Waals surface area (Å²) in [6.45, 7) is 8.88. The van der Waals surface area contributed by atoms with Gasteiger partial charge in [-0.3, -0.25) is 0 Å². The Bertz CT molecular complexity index is 369. The SMILES string of the molecule is CC(N)c1ccc(F)cc1OCCC(C)(C)C. The first-order valence-corrected chi connectivity index (χ1v) is 5.97. The number of ether oxygens (including phenoxy) is 1. The lowest BCUT2D eigenvalue weighted by Gasteiger charge is -2.19. The summed E-state index contributed by atoms with van der Waals surface area (Å²) >= 11 is 0. The van der Waals surface area contributed by atoms with Gasteiger partial charge in [0.1, 0.15) is 11.6 Å². The van der Waals surface area contributed by atoms with Crippen LogP contribution in [0.25, 0.3) is 0 Å². The van der Waals surface area contributed by atoms with Gasteiger partial charge in [0.25, 0.3) is 0 Å². The Labute approximate surface area is 103 Å². The Morgan fingerprint density at radius 3 is 2.53 bits per heavy atom. The number of hydrogen-bond acceptors (Lipinski definition) is 2. The fourth-order valence-corrected chi connectivity index (χ4v) is 1.48. The van der Waals surface area contributed by atoms with E-state index in [-0.39, 0.29) is 17.3 Å². The monoisotopic (exact) mass is 239 g/mol. The number of halogens is 1. The van der Waals surface area contributed by atoms with E-state index in [0.717, 1.165) is 12.0 Å². The molecule has 2 N–H and O–H groups in total. The average Bonchev–Trinajstić information content (AvgIpc) is 2.15. The maximum Gasteiger partial charge on any atom is 0.126 e. The first kappa shape index (κ1) is 14.0. The zero-order chi connectivity index (χ0) is 13.1. The highest BCUT2D eigenvalue weighted by molar-refractivity contribution is 5.36. The normalized spacial score (nSPS) is 13.5. The fraction of sp³-hybridized carbons (Fsp3) is 0.571. The van der Waals surface area contributed by atoms with Crippen molar-refractivity contribution >= 4 is 0 Å². The Morgan fingerprint density at radius 1 is 1.35 bits per heavy atom. The third-order valence-corrected chi connectivity index (χ3v) is 2.58.